The van der Waals surface area contributed by atoms with Crippen LogP contribution < -0.4 is 4.74 Å². The Morgan fingerprint density at radius 3 is 2.58 bits per heavy atom. The van der Waals surface area contributed by atoms with Crippen molar-refractivity contribution in [1.29, 1.82) is 0 Å². The Bertz CT molecular complexity index is 425. The zero-order valence-electron chi connectivity index (χ0n) is 12.5. The van der Waals surface area contributed by atoms with Gasteiger partial charge in [0.05, 0.1) is 12.2 Å². The molecule has 4 atom stereocenters. The van der Waals surface area contributed by atoms with Crippen molar-refractivity contribution in [3.05, 3.63) is 29.3 Å². The van der Waals surface area contributed by atoms with E-state index in [-0.39, 0.29) is 0 Å². The molecule has 1 aliphatic carbocycles. The molecule has 1 fully saturated rings. The Kier molecular flexibility index (Phi) is 4.51. The Morgan fingerprint density at radius 2 is 1.95 bits per heavy atom. The van der Waals surface area contributed by atoms with Gasteiger partial charge in [0.1, 0.15) is 5.75 Å². The van der Waals surface area contributed by atoms with E-state index in [1.807, 2.05) is 19.1 Å². The van der Waals surface area contributed by atoms with Crippen LogP contribution in [0.2, 0.25) is 0 Å². The molecule has 1 saturated carbocycles. The molecule has 1 aromatic carbocycles. The average Bonchev–Trinajstić information content (AvgIpc) is 2.36. The molecular formula is C17H26O2. The van der Waals surface area contributed by atoms with Crippen LogP contribution in [-0.2, 0) is 0 Å². The molecule has 2 rings (SSSR count). The van der Waals surface area contributed by atoms with Gasteiger partial charge in [-0.05, 0) is 57.1 Å². The van der Waals surface area contributed by atoms with Gasteiger partial charge in [-0.25, -0.2) is 0 Å². The molecule has 0 bridgehead atoms. The third kappa shape index (κ3) is 3.50. The second-order valence-electron chi connectivity index (χ2n) is 6.22. The summed E-state index contributed by atoms with van der Waals surface area (Å²) < 4.78 is 6.16. The zero-order valence-corrected chi connectivity index (χ0v) is 12.5. The summed E-state index contributed by atoms with van der Waals surface area (Å²) in [7, 11) is 0. The molecule has 0 heterocycles. The molecule has 2 heteroatoms. The lowest BCUT2D eigenvalue weighted by Crippen LogP contribution is -2.29. The van der Waals surface area contributed by atoms with Crippen molar-refractivity contribution in [3.63, 3.8) is 0 Å². The third-order valence-corrected chi connectivity index (χ3v) is 4.46. The number of rotatable bonds is 3. The maximum atomic E-state index is 9.87. The van der Waals surface area contributed by atoms with Gasteiger partial charge in [0.15, 0.2) is 0 Å². The van der Waals surface area contributed by atoms with E-state index in [4.69, 9.17) is 4.74 Å². The van der Waals surface area contributed by atoms with Crippen LogP contribution >= 0.6 is 0 Å². The van der Waals surface area contributed by atoms with Crippen molar-refractivity contribution < 1.29 is 9.84 Å². The molecule has 0 aromatic heterocycles. The van der Waals surface area contributed by atoms with E-state index in [0.717, 1.165) is 41.6 Å². The van der Waals surface area contributed by atoms with Gasteiger partial charge in [0.25, 0.3) is 0 Å². The van der Waals surface area contributed by atoms with Gasteiger partial charge in [-0.2, -0.15) is 0 Å². The van der Waals surface area contributed by atoms with Crippen LogP contribution in [0.25, 0.3) is 0 Å². The van der Waals surface area contributed by atoms with Crippen molar-refractivity contribution in [2.75, 3.05) is 0 Å². The normalized spacial score (nSPS) is 29.0. The molecule has 0 spiro atoms. The van der Waals surface area contributed by atoms with E-state index in [1.54, 1.807) is 6.92 Å². The Balaban J connectivity index is 2.11. The predicted octanol–water partition coefficient (Wildman–Crippen LogP) is 4.25. The average molecular weight is 262 g/mol. The summed E-state index contributed by atoms with van der Waals surface area (Å²) in [6.07, 6.45) is 3.30. The van der Waals surface area contributed by atoms with Crippen LogP contribution in [0.4, 0.5) is 0 Å². The maximum absolute atomic E-state index is 9.87. The number of aryl methyl sites for hydroxylation is 1. The largest absolute Gasteiger partial charge is 0.490 e. The first-order chi connectivity index (χ1) is 8.97. The number of aliphatic hydroxyl groups is 1. The van der Waals surface area contributed by atoms with Gasteiger partial charge < -0.3 is 9.84 Å². The van der Waals surface area contributed by atoms with Gasteiger partial charge in [-0.3, -0.25) is 0 Å². The Morgan fingerprint density at radius 1 is 1.21 bits per heavy atom. The summed E-state index contributed by atoms with van der Waals surface area (Å²) in [5.41, 5.74) is 2.07. The molecule has 0 aliphatic heterocycles. The van der Waals surface area contributed by atoms with E-state index >= 15 is 0 Å². The minimum Gasteiger partial charge on any atom is -0.490 e. The lowest BCUT2D eigenvalue weighted by atomic mass is 9.80. The lowest BCUT2D eigenvalue weighted by Gasteiger charge is -2.33. The molecule has 1 N–H and O–H groups in total. The highest BCUT2D eigenvalue weighted by Gasteiger charge is 2.26. The van der Waals surface area contributed by atoms with Crippen LogP contribution in [0, 0.1) is 18.8 Å². The van der Waals surface area contributed by atoms with Crippen molar-refractivity contribution in [1.82, 2.24) is 0 Å². The predicted molar refractivity (Wildman–Crippen MR) is 78.4 cm³/mol. The zero-order chi connectivity index (χ0) is 14.0. The van der Waals surface area contributed by atoms with Gasteiger partial charge >= 0.3 is 0 Å². The monoisotopic (exact) mass is 262 g/mol. The molecule has 3 unspecified atom stereocenters. The van der Waals surface area contributed by atoms with Gasteiger partial charge in [0.2, 0.25) is 0 Å². The topological polar surface area (TPSA) is 29.5 Å². The Labute approximate surface area is 116 Å². The number of hydrogen-bond donors (Lipinski definition) is 1. The van der Waals surface area contributed by atoms with Crippen LogP contribution in [0.3, 0.4) is 0 Å². The summed E-state index contributed by atoms with van der Waals surface area (Å²) in [6.45, 7) is 8.48. The van der Waals surface area contributed by atoms with Gasteiger partial charge in [0, 0.05) is 5.56 Å². The van der Waals surface area contributed by atoms with E-state index in [0.29, 0.717) is 6.10 Å². The molecule has 0 radical (unpaired) electrons. The molecular weight excluding hydrogens is 236 g/mol. The second kappa shape index (κ2) is 5.96. The van der Waals surface area contributed by atoms with E-state index in [2.05, 4.69) is 19.9 Å². The minimum absolute atomic E-state index is 0.298. The third-order valence-electron chi connectivity index (χ3n) is 4.46. The fourth-order valence-electron chi connectivity index (χ4n) is 2.89. The molecule has 2 nitrogen and oxygen atoms in total. The lowest BCUT2D eigenvalue weighted by molar-refractivity contribution is 0.0957. The standard InChI is InChI=1S/C17H26O2/c1-11-5-8-17(16(9-11)14(4)18)19-15-7-6-12(2)13(3)10-15/h5,8-9,12-15,18H,6-7,10H2,1-4H3/t12?,13?,14-,15?/m0/s1. The van der Waals surface area contributed by atoms with Crippen molar-refractivity contribution in [2.45, 2.75) is 59.2 Å². The van der Waals surface area contributed by atoms with E-state index in [1.165, 1.54) is 6.42 Å². The number of aliphatic hydroxyl groups excluding tert-OH is 1. The van der Waals surface area contributed by atoms with Crippen molar-refractivity contribution in [2.24, 2.45) is 11.8 Å². The summed E-state index contributed by atoms with van der Waals surface area (Å²) in [6, 6.07) is 6.07. The fraction of sp³-hybridized carbons (Fsp3) is 0.647. The van der Waals surface area contributed by atoms with E-state index < -0.39 is 6.10 Å². The highest BCUT2D eigenvalue weighted by molar-refractivity contribution is 5.38. The van der Waals surface area contributed by atoms with Gasteiger partial charge in [-0.15, -0.1) is 0 Å². The van der Waals surface area contributed by atoms with Crippen LogP contribution in [-0.4, -0.2) is 11.2 Å². The van der Waals surface area contributed by atoms with E-state index in [9.17, 15) is 5.11 Å². The number of hydrogen-bond acceptors (Lipinski definition) is 2. The highest BCUT2D eigenvalue weighted by atomic mass is 16.5. The molecule has 1 aliphatic rings. The molecule has 0 amide bonds. The van der Waals surface area contributed by atoms with Gasteiger partial charge in [-0.1, -0.05) is 25.5 Å². The summed E-state index contributed by atoms with van der Waals surface area (Å²) in [4.78, 5) is 0. The number of benzene rings is 1. The Hall–Kier alpha value is -1.02. The molecule has 19 heavy (non-hydrogen) atoms. The van der Waals surface area contributed by atoms with Crippen LogP contribution in [0.1, 0.15) is 57.3 Å². The molecule has 1 aromatic rings. The van der Waals surface area contributed by atoms with Crippen LogP contribution in [0.5, 0.6) is 5.75 Å². The highest BCUT2D eigenvalue weighted by Crippen LogP contribution is 2.34. The summed E-state index contributed by atoms with van der Waals surface area (Å²) in [5.74, 6) is 2.38. The summed E-state index contributed by atoms with van der Waals surface area (Å²) >= 11 is 0. The maximum Gasteiger partial charge on any atom is 0.125 e. The van der Waals surface area contributed by atoms with Crippen LogP contribution in [0.15, 0.2) is 18.2 Å². The SMILES string of the molecule is Cc1ccc(OC2CCC(C)C(C)C2)c([C@H](C)O)c1. The first-order valence-electron chi connectivity index (χ1n) is 7.42. The first kappa shape index (κ1) is 14.4. The molecule has 106 valence electrons. The smallest absolute Gasteiger partial charge is 0.125 e. The second-order valence-corrected chi connectivity index (χ2v) is 6.22. The quantitative estimate of drug-likeness (QED) is 0.882. The fourth-order valence-corrected chi connectivity index (χ4v) is 2.89. The summed E-state index contributed by atoms with van der Waals surface area (Å²) in [5, 5.41) is 9.87. The number of ether oxygens (including phenoxy) is 1. The van der Waals surface area contributed by atoms with Crippen molar-refractivity contribution in [3.8, 4) is 5.75 Å². The van der Waals surface area contributed by atoms with Crippen molar-refractivity contribution >= 4 is 0 Å². The first-order valence-corrected chi connectivity index (χ1v) is 7.42. The molecule has 0 saturated heterocycles. The minimum atomic E-state index is -0.477.